The van der Waals surface area contributed by atoms with Crippen LogP contribution >= 0.6 is 23.4 Å². The minimum absolute atomic E-state index is 0.162. The highest BCUT2D eigenvalue weighted by Gasteiger charge is 2.17. The lowest BCUT2D eigenvalue weighted by molar-refractivity contribution is -0.127. The Bertz CT molecular complexity index is 681. The summed E-state index contributed by atoms with van der Waals surface area (Å²) in [4.78, 5) is 12.2. The predicted molar refractivity (Wildman–Crippen MR) is 102 cm³/mol. The van der Waals surface area contributed by atoms with Crippen molar-refractivity contribution in [2.45, 2.75) is 25.2 Å². The molecule has 0 bridgehead atoms. The highest BCUT2D eigenvalue weighted by Crippen LogP contribution is 2.20. The van der Waals surface area contributed by atoms with E-state index in [1.165, 1.54) is 24.3 Å². The summed E-state index contributed by atoms with van der Waals surface area (Å²) < 4.78 is 18.5. The van der Waals surface area contributed by atoms with Gasteiger partial charge in [-0.3, -0.25) is 4.79 Å². The number of ether oxygens (including phenoxy) is 1. The van der Waals surface area contributed by atoms with Crippen molar-refractivity contribution in [3.05, 3.63) is 64.9 Å². The van der Waals surface area contributed by atoms with Crippen molar-refractivity contribution in [3.8, 4) is 5.75 Å². The van der Waals surface area contributed by atoms with Crippen LogP contribution < -0.4 is 10.1 Å². The lowest BCUT2D eigenvalue weighted by Gasteiger charge is -2.17. The van der Waals surface area contributed by atoms with E-state index < -0.39 is 6.10 Å². The predicted octanol–water partition coefficient (Wildman–Crippen LogP) is 4.69. The Hall–Kier alpha value is -1.72. The van der Waals surface area contributed by atoms with Crippen LogP contribution in [0.1, 0.15) is 18.9 Å². The summed E-state index contributed by atoms with van der Waals surface area (Å²) in [6, 6.07) is 13.4. The molecule has 0 saturated heterocycles. The van der Waals surface area contributed by atoms with Gasteiger partial charge in [0.2, 0.25) is 0 Å². The number of thioether (sulfide) groups is 1. The number of halogens is 2. The van der Waals surface area contributed by atoms with Gasteiger partial charge in [-0.1, -0.05) is 36.7 Å². The van der Waals surface area contributed by atoms with Gasteiger partial charge < -0.3 is 10.1 Å². The van der Waals surface area contributed by atoms with E-state index in [0.717, 1.165) is 22.1 Å². The quantitative estimate of drug-likeness (QED) is 0.640. The van der Waals surface area contributed by atoms with Gasteiger partial charge in [-0.2, -0.15) is 11.8 Å². The fraction of sp³-hybridized carbons (Fsp3) is 0.316. The molecule has 0 saturated carbocycles. The van der Waals surface area contributed by atoms with Crippen molar-refractivity contribution in [1.82, 2.24) is 5.32 Å². The molecule has 1 N–H and O–H groups in total. The van der Waals surface area contributed by atoms with Crippen LogP contribution in [0.5, 0.6) is 5.75 Å². The Morgan fingerprint density at radius 3 is 2.64 bits per heavy atom. The van der Waals surface area contributed by atoms with Crippen LogP contribution in [0.4, 0.5) is 4.39 Å². The Balaban J connectivity index is 1.71. The second-order valence-electron chi connectivity index (χ2n) is 5.40. The minimum Gasteiger partial charge on any atom is -0.481 e. The Morgan fingerprint density at radius 2 is 1.96 bits per heavy atom. The SMILES string of the molecule is CC[C@H](Oc1ccc(F)cc1)C(=O)NCCSCc1ccccc1Cl. The number of rotatable bonds is 9. The van der Waals surface area contributed by atoms with Crippen LogP contribution in [0.2, 0.25) is 5.02 Å². The van der Waals surface area contributed by atoms with E-state index >= 15 is 0 Å². The maximum atomic E-state index is 12.9. The van der Waals surface area contributed by atoms with E-state index in [9.17, 15) is 9.18 Å². The zero-order valence-corrected chi connectivity index (χ0v) is 15.6. The molecule has 0 aliphatic rings. The number of nitrogens with one attached hydrogen (secondary N) is 1. The second kappa shape index (κ2) is 10.3. The maximum absolute atomic E-state index is 12.9. The van der Waals surface area contributed by atoms with Crippen LogP contribution in [-0.4, -0.2) is 24.3 Å². The van der Waals surface area contributed by atoms with E-state index in [-0.39, 0.29) is 11.7 Å². The molecule has 134 valence electrons. The number of hydrogen-bond donors (Lipinski definition) is 1. The van der Waals surface area contributed by atoms with Crippen LogP contribution in [0, 0.1) is 5.82 Å². The fourth-order valence-electron chi connectivity index (χ4n) is 2.16. The molecule has 0 spiro atoms. The maximum Gasteiger partial charge on any atom is 0.261 e. The molecule has 0 fully saturated rings. The average Bonchev–Trinajstić information content (AvgIpc) is 2.62. The molecular formula is C19H21ClFNO2S. The van der Waals surface area contributed by atoms with Gasteiger partial charge in [0.25, 0.3) is 5.91 Å². The van der Waals surface area contributed by atoms with Gasteiger partial charge in [-0.05, 0) is 42.3 Å². The molecule has 0 aliphatic carbocycles. The summed E-state index contributed by atoms with van der Waals surface area (Å²) >= 11 is 7.82. The van der Waals surface area contributed by atoms with Crippen molar-refractivity contribution < 1.29 is 13.9 Å². The first-order valence-electron chi connectivity index (χ1n) is 8.11. The van der Waals surface area contributed by atoms with Gasteiger partial charge in [0.1, 0.15) is 11.6 Å². The van der Waals surface area contributed by atoms with Gasteiger partial charge in [0.15, 0.2) is 6.10 Å². The van der Waals surface area contributed by atoms with Crippen molar-refractivity contribution >= 4 is 29.3 Å². The molecule has 0 radical (unpaired) electrons. The molecule has 0 unspecified atom stereocenters. The summed E-state index contributed by atoms with van der Waals surface area (Å²) in [6.07, 6.45) is -0.0466. The molecule has 1 amide bonds. The van der Waals surface area contributed by atoms with E-state index in [4.69, 9.17) is 16.3 Å². The number of amides is 1. The number of carbonyl (C=O) groups excluding carboxylic acids is 1. The highest BCUT2D eigenvalue weighted by atomic mass is 35.5. The standard InChI is InChI=1S/C19H21ClFNO2S/c1-2-18(24-16-9-7-15(21)8-10-16)19(23)22-11-12-25-13-14-5-3-4-6-17(14)20/h3-10,18H,2,11-13H2,1H3,(H,22,23)/t18-/m0/s1. The third-order valence-corrected chi connectivity index (χ3v) is 4.89. The molecule has 2 aromatic rings. The van der Waals surface area contributed by atoms with Crippen molar-refractivity contribution in [1.29, 1.82) is 0 Å². The zero-order valence-electron chi connectivity index (χ0n) is 14.0. The molecule has 25 heavy (non-hydrogen) atoms. The van der Waals surface area contributed by atoms with Crippen LogP contribution in [0.25, 0.3) is 0 Å². The smallest absolute Gasteiger partial charge is 0.261 e. The molecular weight excluding hydrogens is 361 g/mol. The normalized spacial score (nSPS) is 11.8. The molecule has 6 heteroatoms. The van der Waals surface area contributed by atoms with Crippen molar-refractivity contribution in [3.63, 3.8) is 0 Å². The largest absolute Gasteiger partial charge is 0.481 e. The first-order chi connectivity index (χ1) is 12.1. The van der Waals surface area contributed by atoms with Crippen molar-refractivity contribution in [2.75, 3.05) is 12.3 Å². The summed E-state index contributed by atoms with van der Waals surface area (Å²) in [5.41, 5.74) is 1.09. The third-order valence-electron chi connectivity index (χ3n) is 3.52. The molecule has 2 rings (SSSR count). The van der Waals surface area contributed by atoms with E-state index in [2.05, 4.69) is 5.32 Å². The lowest BCUT2D eigenvalue weighted by atomic mass is 10.2. The third kappa shape index (κ3) is 6.59. The first kappa shape index (κ1) is 19.6. The Morgan fingerprint density at radius 1 is 1.24 bits per heavy atom. The fourth-order valence-corrected chi connectivity index (χ4v) is 3.30. The van der Waals surface area contributed by atoms with Crippen LogP contribution in [0.15, 0.2) is 48.5 Å². The van der Waals surface area contributed by atoms with Gasteiger partial charge in [0, 0.05) is 23.1 Å². The number of hydrogen-bond acceptors (Lipinski definition) is 3. The van der Waals surface area contributed by atoms with Crippen molar-refractivity contribution in [2.24, 2.45) is 0 Å². The lowest BCUT2D eigenvalue weighted by Crippen LogP contribution is -2.39. The monoisotopic (exact) mass is 381 g/mol. The van der Waals surface area contributed by atoms with Gasteiger partial charge >= 0.3 is 0 Å². The minimum atomic E-state index is -0.584. The second-order valence-corrected chi connectivity index (χ2v) is 6.92. The zero-order chi connectivity index (χ0) is 18.1. The Labute approximate surface area is 156 Å². The summed E-state index contributed by atoms with van der Waals surface area (Å²) in [6.45, 7) is 2.43. The molecule has 0 aromatic heterocycles. The summed E-state index contributed by atoms with van der Waals surface area (Å²) in [5, 5.41) is 3.64. The summed E-state index contributed by atoms with van der Waals surface area (Å²) in [5.74, 6) is 1.57. The molecule has 1 atom stereocenters. The summed E-state index contributed by atoms with van der Waals surface area (Å²) in [7, 11) is 0. The van der Waals surface area contributed by atoms with E-state index in [0.29, 0.717) is 18.7 Å². The Kier molecular flexibility index (Phi) is 8.09. The van der Waals surface area contributed by atoms with E-state index in [1.54, 1.807) is 11.8 Å². The van der Waals surface area contributed by atoms with Gasteiger partial charge in [-0.15, -0.1) is 0 Å². The molecule has 0 heterocycles. The van der Waals surface area contributed by atoms with Gasteiger partial charge in [-0.25, -0.2) is 4.39 Å². The van der Waals surface area contributed by atoms with Gasteiger partial charge in [0.05, 0.1) is 0 Å². The molecule has 3 nitrogen and oxygen atoms in total. The number of benzene rings is 2. The average molecular weight is 382 g/mol. The first-order valence-corrected chi connectivity index (χ1v) is 9.64. The van der Waals surface area contributed by atoms with Crippen LogP contribution in [0.3, 0.4) is 0 Å². The number of carbonyl (C=O) groups is 1. The van der Waals surface area contributed by atoms with E-state index in [1.807, 2.05) is 31.2 Å². The molecule has 0 aliphatic heterocycles. The molecule has 2 aromatic carbocycles. The van der Waals surface area contributed by atoms with Crippen LogP contribution in [-0.2, 0) is 10.5 Å². The highest BCUT2D eigenvalue weighted by molar-refractivity contribution is 7.98. The topological polar surface area (TPSA) is 38.3 Å².